The van der Waals surface area contributed by atoms with Gasteiger partial charge in [-0.05, 0) is 43.7 Å². The number of carbonyl (C=O) groups excluding carboxylic acids is 2. The predicted octanol–water partition coefficient (Wildman–Crippen LogP) is 3.06. The third-order valence-corrected chi connectivity index (χ3v) is 3.54. The van der Waals surface area contributed by atoms with E-state index in [4.69, 9.17) is 0 Å². The van der Waals surface area contributed by atoms with Crippen LogP contribution in [0.3, 0.4) is 0 Å². The van der Waals surface area contributed by atoms with E-state index in [1.807, 2.05) is 0 Å². The number of hydrogen-bond donors (Lipinski definition) is 2. The van der Waals surface area contributed by atoms with Crippen molar-refractivity contribution in [2.75, 3.05) is 11.9 Å². The third-order valence-electron chi connectivity index (χ3n) is 3.54. The average Bonchev–Trinajstić information content (AvgIpc) is 3.20. The summed E-state index contributed by atoms with van der Waals surface area (Å²) in [5.41, 5.74) is 1.24. The Kier molecular flexibility index (Phi) is 4.20. The number of urea groups is 1. The summed E-state index contributed by atoms with van der Waals surface area (Å²) in [5.74, 6) is 1.31. The van der Waals surface area contributed by atoms with E-state index in [0.717, 1.165) is 5.92 Å². The van der Waals surface area contributed by atoms with Crippen LogP contribution in [0.1, 0.15) is 37.0 Å². The van der Waals surface area contributed by atoms with Crippen LogP contribution >= 0.6 is 0 Å². The van der Waals surface area contributed by atoms with E-state index >= 15 is 0 Å². The van der Waals surface area contributed by atoms with Gasteiger partial charge in [-0.15, -0.1) is 0 Å². The Labute approximate surface area is 113 Å². The van der Waals surface area contributed by atoms with E-state index in [0.29, 0.717) is 23.7 Å². The quantitative estimate of drug-likeness (QED) is 0.799. The molecule has 1 aromatic rings. The molecule has 1 aromatic carbocycles. The van der Waals surface area contributed by atoms with Gasteiger partial charge in [0.2, 0.25) is 0 Å². The summed E-state index contributed by atoms with van der Waals surface area (Å²) in [5, 5.41) is 5.62. The first kappa shape index (κ1) is 13.6. The first-order valence-corrected chi connectivity index (χ1v) is 6.72. The minimum atomic E-state index is -0.215. The van der Waals surface area contributed by atoms with Crippen molar-refractivity contribution in [3.05, 3.63) is 29.8 Å². The molecular weight excluding hydrogens is 240 g/mol. The van der Waals surface area contributed by atoms with Gasteiger partial charge >= 0.3 is 6.03 Å². The summed E-state index contributed by atoms with van der Waals surface area (Å²) in [6, 6.07) is 6.75. The fraction of sp³-hybridized carbons (Fsp3) is 0.467. The van der Waals surface area contributed by atoms with E-state index in [9.17, 15) is 9.59 Å². The minimum Gasteiger partial charge on any atom is -0.338 e. The molecule has 4 nitrogen and oxygen atoms in total. The monoisotopic (exact) mass is 260 g/mol. The zero-order valence-electron chi connectivity index (χ0n) is 11.4. The van der Waals surface area contributed by atoms with Crippen LogP contribution in [0.15, 0.2) is 24.3 Å². The summed E-state index contributed by atoms with van der Waals surface area (Å²) in [6.07, 6.45) is 2.57. The number of nitrogens with one attached hydrogen (secondary N) is 2. The summed E-state index contributed by atoms with van der Waals surface area (Å²) < 4.78 is 0. The molecule has 2 rings (SSSR count). The summed E-state index contributed by atoms with van der Waals surface area (Å²) in [7, 11) is 0. The molecule has 1 unspecified atom stereocenters. The highest BCUT2D eigenvalue weighted by molar-refractivity contribution is 5.96. The van der Waals surface area contributed by atoms with Crippen molar-refractivity contribution in [3.8, 4) is 0 Å². The molecule has 2 amide bonds. The van der Waals surface area contributed by atoms with Gasteiger partial charge in [0.05, 0.1) is 0 Å². The topological polar surface area (TPSA) is 58.2 Å². The highest BCUT2D eigenvalue weighted by atomic mass is 16.2. The molecule has 1 saturated carbocycles. The molecule has 1 atom stereocenters. The second-order valence-corrected chi connectivity index (χ2v) is 5.29. The Bertz CT molecular complexity index is 481. The molecule has 0 saturated heterocycles. The number of rotatable bonds is 5. The van der Waals surface area contributed by atoms with Gasteiger partial charge in [-0.25, -0.2) is 4.79 Å². The highest BCUT2D eigenvalue weighted by Gasteiger charge is 2.27. The van der Waals surface area contributed by atoms with Gasteiger partial charge in [-0.1, -0.05) is 19.1 Å². The van der Waals surface area contributed by atoms with Crippen LogP contribution in [0.4, 0.5) is 10.5 Å². The number of ketones is 1. The van der Waals surface area contributed by atoms with Crippen molar-refractivity contribution >= 4 is 17.5 Å². The zero-order valence-corrected chi connectivity index (χ0v) is 11.4. The molecule has 0 spiro atoms. The van der Waals surface area contributed by atoms with Crippen molar-refractivity contribution in [3.63, 3.8) is 0 Å². The van der Waals surface area contributed by atoms with Crippen molar-refractivity contribution in [1.29, 1.82) is 0 Å². The van der Waals surface area contributed by atoms with E-state index in [1.54, 1.807) is 24.3 Å². The fourth-order valence-electron chi connectivity index (χ4n) is 2.08. The van der Waals surface area contributed by atoms with E-state index in [2.05, 4.69) is 17.6 Å². The predicted molar refractivity (Wildman–Crippen MR) is 75.4 cm³/mol. The van der Waals surface area contributed by atoms with Gasteiger partial charge in [-0.2, -0.15) is 0 Å². The summed E-state index contributed by atoms with van der Waals surface area (Å²) in [4.78, 5) is 23.0. The molecule has 4 heteroatoms. The Morgan fingerprint density at radius 1 is 1.37 bits per heavy atom. The molecular formula is C15H20N2O2. The maximum Gasteiger partial charge on any atom is 0.319 e. The molecule has 2 N–H and O–H groups in total. The molecule has 1 aliphatic rings. The molecule has 0 bridgehead atoms. The lowest BCUT2D eigenvalue weighted by atomic mass is 10.1. The van der Waals surface area contributed by atoms with Crippen molar-refractivity contribution in [2.45, 2.75) is 26.7 Å². The summed E-state index contributed by atoms with van der Waals surface area (Å²) >= 11 is 0. The average molecular weight is 260 g/mol. The van der Waals surface area contributed by atoms with Crippen molar-refractivity contribution in [1.82, 2.24) is 5.32 Å². The smallest absolute Gasteiger partial charge is 0.319 e. The molecule has 1 aliphatic carbocycles. The van der Waals surface area contributed by atoms with Crippen LogP contribution in [0.2, 0.25) is 0 Å². The minimum absolute atomic E-state index is 0.00795. The van der Waals surface area contributed by atoms with Gasteiger partial charge in [0.25, 0.3) is 0 Å². The largest absolute Gasteiger partial charge is 0.338 e. The molecule has 1 fully saturated rings. The normalized spacial score (nSPS) is 15.7. The van der Waals surface area contributed by atoms with Gasteiger partial charge in [0, 0.05) is 17.8 Å². The standard InChI is InChI=1S/C15H20N2O2/c1-10(12-6-7-12)9-16-15(19)17-14-5-3-4-13(8-14)11(2)18/h3-5,8,10,12H,6-7,9H2,1-2H3,(H2,16,17,19). The second kappa shape index (κ2) is 5.87. The number of benzene rings is 1. The van der Waals surface area contributed by atoms with Crippen molar-refractivity contribution in [2.24, 2.45) is 11.8 Å². The van der Waals surface area contributed by atoms with Crippen LogP contribution < -0.4 is 10.6 Å². The molecule has 0 heterocycles. The number of carbonyl (C=O) groups is 2. The highest BCUT2D eigenvalue weighted by Crippen LogP contribution is 2.36. The Morgan fingerprint density at radius 2 is 2.11 bits per heavy atom. The first-order valence-electron chi connectivity index (χ1n) is 6.72. The lowest BCUT2D eigenvalue weighted by molar-refractivity contribution is 0.101. The third kappa shape index (κ3) is 4.09. The number of amides is 2. The number of hydrogen-bond acceptors (Lipinski definition) is 2. The van der Waals surface area contributed by atoms with Crippen LogP contribution in [0, 0.1) is 11.8 Å². The van der Waals surface area contributed by atoms with E-state index < -0.39 is 0 Å². The Hall–Kier alpha value is -1.84. The second-order valence-electron chi connectivity index (χ2n) is 5.29. The molecule has 0 aliphatic heterocycles. The van der Waals surface area contributed by atoms with Crippen LogP contribution in [0.25, 0.3) is 0 Å². The Morgan fingerprint density at radius 3 is 2.74 bits per heavy atom. The molecule has 0 aromatic heterocycles. The maximum absolute atomic E-state index is 11.7. The maximum atomic E-state index is 11.7. The van der Waals surface area contributed by atoms with Crippen molar-refractivity contribution < 1.29 is 9.59 Å². The number of Topliss-reactive ketones (excluding diaryl/α,β-unsaturated/α-hetero) is 1. The molecule has 0 radical (unpaired) electrons. The first-order chi connectivity index (χ1) is 9.06. The van der Waals surface area contributed by atoms with Crippen LogP contribution in [-0.2, 0) is 0 Å². The van der Waals surface area contributed by atoms with E-state index in [-0.39, 0.29) is 11.8 Å². The van der Waals surface area contributed by atoms with Gasteiger partial charge in [0.1, 0.15) is 0 Å². The SMILES string of the molecule is CC(=O)c1cccc(NC(=O)NCC(C)C2CC2)c1. The fourth-order valence-corrected chi connectivity index (χ4v) is 2.08. The lowest BCUT2D eigenvalue weighted by Crippen LogP contribution is -2.32. The van der Waals surface area contributed by atoms with Gasteiger partial charge < -0.3 is 10.6 Å². The van der Waals surface area contributed by atoms with E-state index in [1.165, 1.54) is 19.8 Å². The Balaban J connectivity index is 1.84. The zero-order chi connectivity index (χ0) is 13.8. The van der Waals surface area contributed by atoms with Gasteiger partial charge in [-0.3, -0.25) is 4.79 Å². The lowest BCUT2D eigenvalue weighted by Gasteiger charge is -2.12. The summed E-state index contributed by atoms with van der Waals surface area (Å²) in [6.45, 7) is 4.37. The van der Waals surface area contributed by atoms with Gasteiger partial charge in [0.15, 0.2) is 5.78 Å². The van der Waals surface area contributed by atoms with Crippen LogP contribution in [0.5, 0.6) is 0 Å². The number of anilines is 1. The van der Waals surface area contributed by atoms with Crippen LogP contribution in [-0.4, -0.2) is 18.4 Å². The molecule has 19 heavy (non-hydrogen) atoms. The molecule has 102 valence electrons.